The lowest BCUT2D eigenvalue weighted by molar-refractivity contribution is 0.436. The second-order valence-corrected chi connectivity index (χ2v) is 5.12. The van der Waals surface area contributed by atoms with Gasteiger partial charge in [-0.3, -0.25) is 0 Å². The van der Waals surface area contributed by atoms with Crippen LogP contribution in [-0.2, 0) is 10.0 Å². The zero-order chi connectivity index (χ0) is 9.19. The van der Waals surface area contributed by atoms with Gasteiger partial charge < -0.3 is 0 Å². The third kappa shape index (κ3) is 2.47. The Labute approximate surface area is 78.1 Å². The number of halogens is 1. The van der Waals surface area contributed by atoms with Crippen LogP contribution in [0.15, 0.2) is 11.6 Å². The molecule has 3 nitrogen and oxygen atoms in total. The van der Waals surface area contributed by atoms with E-state index in [2.05, 4.69) is 0 Å². The predicted molar refractivity (Wildman–Crippen MR) is 49.8 cm³/mol. The molecule has 0 radical (unpaired) electrons. The number of alkyl halides is 1. The molecule has 70 valence electrons. The van der Waals surface area contributed by atoms with Gasteiger partial charge in [0.25, 0.3) is 0 Å². The van der Waals surface area contributed by atoms with Crippen molar-refractivity contribution in [1.29, 1.82) is 0 Å². The minimum Gasteiger partial charge on any atom is -0.212 e. The van der Waals surface area contributed by atoms with Crippen molar-refractivity contribution in [3.63, 3.8) is 0 Å². The molecule has 1 heterocycles. The van der Waals surface area contributed by atoms with Crippen LogP contribution < -0.4 is 0 Å². The maximum absolute atomic E-state index is 11.0. The van der Waals surface area contributed by atoms with E-state index in [0.29, 0.717) is 19.0 Å². The molecule has 0 bridgehead atoms. The summed E-state index contributed by atoms with van der Waals surface area (Å²) in [5, 5.41) is 0. The normalized spacial score (nSPS) is 20.7. The minimum absolute atomic E-state index is 0.473. The Hall–Kier alpha value is -0.0600. The monoisotopic (exact) mass is 209 g/mol. The highest BCUT2D eigenvalue weighted by Gasteiger charge is 2.18. The van der Waals surface area contributed by atoms with E-state index in [1.165, 1.54) is 10.6 Å². The summed E-state index contributed by atoms with van der Waals surface area (Å²) >= 11 is 5.61. The van der Waals surface area contributed by atoms with Crippen molar-refractivity contribution in [3.8, 4) is 0 Å². The van der Waals surface area contributed by atoms with Crippen LogP contribution in [0.3, 0.4) is 0 Å². The second-order valence-electron chi connectivity index (χ2n) is 2.87. The summed E-state index contributed by atoms with van der Waals surface area (Å²) in [5.74, 6) is 0.512. The molecule has 5 heteroatoms. The Balaban J connectivity index is 2.64. The maximum atomic E-state index is 11.0. The van der Waals surface area contributed by atoms with E-state index >= 15 is 0 Å². The fourth-order valence-corrected chi connectivity index (χ4v) is 2.13. The quantitative estimate of drug-likeness (QED) is 0.499. The van der Waals surface area contributed by atoms with Gasteiger partial charge in [-0.15, -0.1) is 11.6 Å². The summed E-state index contributed by atoms with van der Waals surface area (Å²) in [4.78, 5) is 0. The van der Waals surface area contributed by atoms with Gasteiger partial charge in [-0.25, -0.2) is 8.42 Å². The lowest BCUT2D eigenvalue weighted by atomic mass is 10.1. The van der Waals surface area contributed by atoms with Crippen molar-refractivity contribution >= 4 is 21.6 Å². The smallest absolute Gasteiger partial charge is 0.211 e. The van der Waals surface area contributed by atoms with Crippen molar-refractivity contribution in [1.82, 2.24) is 4.31 Å². The zero-order valence-electron chi connectivity index (χ0n) is 6.96. The topological polar surface area (TPSA) is 37.4 Å². The van der Waals surface area contributed by atoms with Crippen LogP contribution in [0.5, 0.6) is 0 Å². The number of hydrogen-bond donors (Lipinski definition) is 0. The highest BCUT2D eigenvalue weighted by molar-refractivity contribution is 7.88. The zero-order valence-corrected chi connectivity index (χ0v) is 8.53. The number of nitrogens with zero attached hydrogens (tertiary/aromatic N) is 1. The Morgan fingerprint density at radius 1 is 1.67 bits per heavy atom. The van der Waals surface area contributed by atoms with E-state index in [-0.39, 0.29) is 0 Å². The SMILES string of the molecule is CS(=O)(=O)N1CC=C(CCl)CC1. The van der Waals surface area contributed by atoms with Gasteiger partial charge >= 0.3 is 0 Å². The molecule has 0 saturated heterocycles. The average Bonchev–Trinajstić information content (AvgIpc) is 2.03. The molecular weight excluding hydrogens is 198 g/mol. The van der Waals surface area contributed by atoms with E-state index in [0.717, 1.165) is 12.0 Å². The predicted octanol–water partition coefficient (Wildman–Crippen LogP) is 0.817. The van der Waals surface area contributed by atoms with Crippen LogP contribution >= 0.6 is 11.6 Å². The van der Waals surface area contributed by atoms with Crippen LogP contribution in [0, 0.1) is 0 Å². The molecule has 1 rings (SSSR count). The van der Waals surface area contributed by atoms with Gasteiger partial charge in [0.1, 0.15) is 0 Å². The molecular formula is C7H12ClNO2S. The summed E-state index contributed by atoms with van der Waals surface area (Å²) in [5.41, 5.74) is 1.14. The van der Waals surface area contributed by atoms with Crippen molar-refractivity contribution < 1.29 is 8.42 Å². The van der Waals surface area contributed by atoms with Crippen LogP contribution in [0.1, 0.15) is 6.42 Å². The summed E-state index contributed by atoms with van der Waals surface area (Å²) < 4.78 is 23.5. The first-order valence-corrected chi connectivity index (χ1v) is 6.11. The molecule has 0 fully saturated rings. The van der Waals surface area contributed by atoms with Gasteiger partial charge in [-0.2, -0.15) is 4.31 Å². The van der Waals surface area contributed by atoms with Gasteiger partial charge in [-0.1, -0.05) is 11.6 Å². The molecule has 0 aromatic heterocycles. The number of sulfonamides is 1. The summed E-state index contributed by atoms with van der Waals surface area (Å²) in [6, 6.07) is 0. The lowest BCUT2D eigenvalue weighted by Crippen LogP contribution is -2.34. The number of rotatable bonds is 2. The Kier molecular flexibility index (Phi) is 3.15. The molecule has 0 atom stereocenters. The molecule has 0 saturated carbocycles. The van der Waals surface area contributed by atoms with Crippen LogP contribution in [0.25, 0.3) is 0 Å². The van der Waals surface area contributed by atoms with Crippen LogP contribution in [0.2, 0.25) is 0 Å². The Bertz CT molecular complexity index is 284. The van der Waals surface area contributed by atoms with Gasteiger partial charge in [0.15, 0.2) is 0 Å². The molecule has 12 heavy (non-hydrogen) atoms. The third-order valence-electron chi connectivity index (χ3n) is 1.91. The first kappa shape index (κ1) is 10.0. The first-order valence-electron chi connectivity index (χ1n) is 3.73. The van der Waals surface area contributed by atoms with E-state index in [9.17, 15) is 8.42 Å². The lowest BCUT2D eigenvalue weighted by Gasteiger charge is -2.23. The van der Waals surface area contributed by atoms with E-state index in [1.807, 2.05) is 6.08 Å². The summed E-state index contributed by atoms with van der Waals surface area (Å²) in [7, 11) is -3.01. The van der Waals surface area contributed by atoms with Crippen LogP contribution in [0.4, 0.5) is 0 Å². The standard InChI is InChI=1S/C7H12ClNO2S/c1-12(10,11)9-4-2-7(6-8)3-5-9/h2H,3-6H2,1H3. The molecule has 0 amide bonds. The van der Waals surface area contributed by atoms with E-state index < -0.39 is 10.0 Å². The first-order chi connectivity index (χ1) is 5.54. The molecule has 0 aromatic carbocycles. The summed E-state index contributed by atoms with van der Waals surface area (Å²) in [6.07, 6.45) is 3.88. The molecule has 0 unspecified atom stereocenters. The minimum atomic E-state index is -3.01. The van der Waals surface area contributed by atoms with Crippen molar-refractivity contribution in [2.24, 2.45) is 0 Å². The van der Waals surface area contributed by atoms with E-state index in [1.54, 1.807) is 0 Å². The van der Waals surface area contributed by atoms with Crippen molar-refractivity contribution in [2.45, 2.75) is 6.42 Å². The summed E-state index contributed by atoms with van der Waals surface area (Å²) in [6.45, 7) is 1.04. The Morgan fingerprint density at radius 2 is 2.33 bits per heavy atom. The van der Waals surface area contributed by atoms with Crippen LogP contribution in [-0.4, -0.2) is 37.9 Å². The van der Waals surface area contributed by atoms with Crippen molar-refractivity contribution in [3.05, 3.63) is 11.6 Å². The van der Waals surface area contributed by atoms with Gasteiger partial charge in [-0.05, 0) is 6.42 Å². The molecule has 0 aromatic rings. The molecule has 0 aliphatic carbocycles. The highest BCUT2D eigenvalue weighted by atomic mass is 35.5. The van der Waals surface area contributed by atoms with Crippen molar-refractivity contribution in [2.75, 3.05) is 25.2 Å². The average molecular weight is 210 g/mol. The van der Waals surface area contributed by atoms with E-state index in [4.69, 9.17) is 11.6 Å². The third-order valence-corrected chi connectivity index (χ3v) is 3.52. The van der Waals surface area contributed by atoms with Gasteiger partial charge in [0.05, 0.1) is 6.26 Å². The fourth-order valence-electron chi connectivity index (χ4n) is 1.12. The van der Waals surface area contributed by atoms with Gasteiger partial charge in [0, 0.05) is 19.0 Å². The molecule has 0 N–H and O–H groups in total. The number of hydrogen-bond acceptors (Lipinski definition) is 2. The second kappa shape index (κ2) is 3.77. The maximum Gasteiger partial charge on any atom is 0.211 e. The fraction of sp³-hybridized carbons (Fsp3) is 0.714. The largest absolute Gasteiger partial charge is 0.212 e. The molecule has 1 aliphatic rings. The Morgan fingerprint density at radius 3 is 2.67 bits per heavy atom. The molecule has 0 spiro atoms. The highest BCUT2D eigenvalue weighted by Crippen LogP contribution is 2.13. The molecule has 1 aliphatic heterocycles. The van der Waals surface area contributed by atoms with Gasteiger partial charge in [0.2, 0.25) is 10.0 Å².